The van der Waals surface area contributed by atoms with Crippen LogP contribution >= 0.6 is 0 Å². The zero-order valence-corrected chi connectivity index (χ0v) is 15.5. The number of nitrogens with one attached hydrogen (secondary N) is 2. The fraction of sp³-hybridized carbons (Fsp3) is 0.136. The zero-order valence-electron chi connectivity index (χ0n) is 15.5. The van der Waals surface area contributed by atoms with Crippen molar-refractivity contribution in [2.24, 2.45) is 0 Å². The largest absolute Gasteiger partial charge is 0.457 e. The second kappa shape index (κ2) is 7.92. The number of carbonyl (C=O) groups is 1. The molecule has 0 spiro atoms. The van der Waals surface area contributed by atoms with E-state index in [0.29, 0.717) is 36.1 Å². The molecule has 0 aliphatic carbocycles. The Hall–Kier alpha value is -3.67. The number of Topliss-reactive ketones (excluding diaryl/α,β-unsaturated/α-hetero) is 1. The van der Waals surface area contributed by atoms with E-state index in [-0.39, 0.29) is 5.78 Å². The maximum Gasteiger partial charge on any atom is 0.201 e. The number of fused-ring (bicyclic) bond motifs is 1. The summed E-state index contributed by atoms with van der Waals surface area (Å²) in [6.07, 6.45) is 1.99. The van der Waals surface area contributed by atoms with Crippen molar-refractivity contribution in [3.63, 3.8) is 0 Å². The van der Waals surface area contributed by atoms with Crippen molar-refractivity contribution in [3.8, 4) is 11.5 Å². The number of aromatic amines is 1. The number of carbonyl (C=O) groups excluding carboxylic acids is 1. The maximum atomic E-state index is 11.8. The van der Waals surface area contributed by atoms with Crippen LogP contribution in [0.1, 0.15) is 29.4 Å². The van der Waals surface area contributed by atoms with Crippen LogP contribution in [0, 0.1) is 0 Å². The molecule has 2 aromatic heterocycles. The number of pyridine rings is 1. The minimum atomic E-state index is -0.0106. The number of nitrogens with zero attached hydrogens (tertiary/aromatic N) is 2. The van der Waals surface area contributed by atoms with Crippen molar-refractivity contribution in [1.82, 2.24) is 15.0 Å². The fourth-order valence-corrected chi connectivity index (χ4v) is 2.86. The lowest BCUT2D eigenvalue weighted by molar-refractivity contribution is 0.0983. The molecule has 6 heteroatoms. The number of imidazole rings is 1. The number of aromatic nitrogens is 3. The average molecular weight is 372 g/mol. The van der Waals surface area contributed by atoms with Gasteiger partial charge in [-0.3, -0.25) is 9.78 Å². The molecule has 4 aromatic rings. The Labute approximate surface area is 162 Å². The molecule has 0 fully saturated rings. The van der Waals surface area contributed by atoms with Crippen LogP contribution in [0.4, 0.5) is 5.95 Å². The fourth-order valence-electron chi connectivity index (χ4n) is 2.86. The first-order valence-corrected chi connectivity index (χ1v) is 9.16. The van der Waals surface area contributed by atoms with Gasteiger partial charge in [0.25, 0.3) is 0 Å². The van der Waals surface area contributed by atoms with Crippen molar-refractivity contribution in [2.75, 3.05) is 5.32 Å². The van der Waals surface area contributed by atoms with Gasteiger partial charge in [-0.05, 0) is 23.8 Å². The molecule has 2 heterocycles. The lowest BCUT2D eigenvalue weighted by Crippen LogP contribution is -2.00. The quantitative estimate of drug-likeness (QED) is 0.449. The van der Waals surface area contributed by atoms with Crippen molar-refractivity contribution in [3.05, 3.63) is 78.1 Å². The average Bonchev–Trinajstić information content (AvgIpc) is 3.15. The Morgan fingerprint density at radius 2 is 1.89 bits per heavy atom. The first-order chi connectivity index (χ1) is 13.7. The number of H-pyrrole nitrogens is 1. The Balaban J connectivity index is 1.49. The van der Waals surface area contributed by atoms with E-state index in [4.69, 9.17) is 4.74 Å². The highest BCUT2D eigenvalue weighted by Crippen LogP contribution is 2.26. The Bertz CT molecular complexity index is 1110. The van der Waals surface area contributed by atoms with Gasteiger partial charge in [0.15, 0.2) is 5.78 Å². The predicted octanol–water partition coefficient (Wildman–Crippen LogP) is 4.96. The zero-order chi connectivity index (χ0) is 19.3. The van der Waals surface area contributed by atoms with Gasteiger partial charge in [0.2, 0.25) is 5.95 Å². The lowest BCUT2D eigenvalue weighted by Gasteiger charge is -2.06. The molecule has 0 aliphatic rings. The van der Waals surface area contributed by atoms with Crippen LogP contribution in [0.3, 0.4) is 0 Å². The highest BCUT2D eigenvalue weighted by Gasteiger charge is 2.08. The van der Waals surface area contributed by atoms with E-state index in [2.05, 4.69) is 32.4 Å². The molecule has 0 unspecified atom stereocenters. The van der Waals surface area contributed by atoms with Crippen LogP contribution in [0.25, 0.3) is 11.0 Å². The summed E-state index contributed by atoms with van der Waals surface area (Å²) in [7, 11) is 0. The molecular formula is C22H20N4O2. The van der Waals surface area contributed by atoms with Gasteiger partial charge in [0.05, 0.1) is 11.0 Å². The van der Waals surface area contributed by atoms with Gasteiger partial charge < -0.3 is 15.0 Å². The van der Waals surface area contributed by atoms with E-state index in [0.717, 1.165) is 11.0 Å². The number of hydrogen-bond acceptors (Lipinski definition) is 5. The second-order valence-corrected chi connectivity index (χ2v) is 6.36. The third-order valence-electron chi connectivity index (χ3n) is 4.33. The third-order valence-corrected chi connectivity index (χ3v) is 4.33. The van der Waals surface area contributed by atoms with E-state index in [1.807, 2.05) is 43.3 Å². The van der Waals surface area contributed by atoms with Gasteiger partial charge in [-0.2, -0.15) is 0 Å². The van der Waals surface area contributed by atoms with Gasteiger partial charge in [-0.1, -0.05) is 37.3 Å². The molecule has 0 amide bonds. The summed E-state index contributed by atoms with van der Waals surface area (Å²) in [6.45, 7) is 2.50. The Morgan fingerprint density at radius 3 is 2.71 bits per heavy atom. The van der Waals surface area contributed by atoms with Crippen LogP contribution in [0.2, 0.25) is 0 Å². The summed E-state index contributed by atoms with van der Waals surface area (Å²) in [5.41, 5.74) is 3.31. The molecule has 0 aliphatic heterocycles. The highest BCUT2D eigenvalue weighted by molar-refractivity contribution is 5.94. The van der Waals surface area contributed by atoms with Gasteiger partial charge >= 0.3 is 0 Å². The first kappa shape index (κ1) is 17.7. The summed E-state index contributed by atoms with van der Waals surface area (Å²) in [4.78, 5) is 23.7. The third kappa shape index (κ3) is 4.01. The number of rotatable bonds is 7. The van der Waals surface area contributed by atoms with E-state index < -0.39 is 0 Å². The molecule has 4 rings (SSSR count). The minimum absolute atomic E-state index is 0.0106. The van der Waals surface area contributed by atoms with Crippen molar-refractivity contribution < 1.29 is 9.53 Å². The van der Waals surface area contributed by atoms with E-state index in [1.54, 1.807) is 18.3 Å². The van der Waals surface area contributed by atoms with Crippen molar-refractivity contribution in [1.29, 1.82) is 0 Å². The molecule has 0 radical (unpaired) electrons. The standard InChI is InChI=1S/C22H20N4O2/c1-2-21(27)20-13-17(10-11-23-20)28-16-8-9-18-19(12-16)26-22(25-18)24-14-15-6-4-3-5-7-15/h3-13H,2,14H2,1H3,(H2,24,25,26). The van der Waals surface area contributed by atoms with Crippen LogP contribution in [0.15, 0.2) is 66.9 Å². The van der Waals surface area contributed by atoms with Crippen LogP contribution < -0.4 is 10.1 Å². The topological polar surface area (TPSA) is 79.9 Å². The predicted molar refractivity (Wildman–Crippen MR) is 109 cm³/mol. The smallest absolute Gasteiger partial charge is 0.201 e. The minimum Gasteiger partial charge on any atom is -0.457 e. The lowest BCUT2D eigenvalue weighted by atomic mass is 10.2. The summed E-state index contributed by atoms with van der Waals surface area (Å²) in [5, 5.41) is 3.29. The molecule has 6 nitrogen and oxygen atoms in total. The van der Waals surface area contributed by atoms with Gasteiger partial charge in [0.1, 0.15) is 17.2 Å². The molecule has 0 bridgehead atoms. The van der Waals surface area contributed by atoms with Crippen LogP contribution in [-0.2, 0) is 6.54 Å². The Morgan fingerprint density at radius 1 is 1.07 bits per heavy atom. The second-order valence-electron chi connectivity index (χ2n) is 6.36. The van der Waals surface area contributed by atoms with E-state index in [9.17, 15) is 4.79 Å². The molecule has 2 aromatic carbocycles. The van der Waals surface area contributed by atoms with Crippen molar-refractivity contribution in [2.45, 2.75) is 19.9 Å². The number of ketones is 1. The number of hydrogen-bond donors (Lipinski definition) is 2. The monoisotopic (exact) mass is 372 g/mol. The van der Waals surface area contributed by atoms with Gasteiger partial charge in [0, 0.05) is 31.3 Å². The molecule has 0 saturated heterocycles. The van der Waals surface area contributed by atoms with E-state index in [1.165, 1.54) is 5.56 Å². The summed E-state index contributed by atoms with van der Waals surface area (Å²) < 4.78 is 5.90. The summed E-state index contributed by atoms with van der Waals surface area (Å²) in [5.74, 6) is 1.93. The number of anilines is 1. The highest BCUT2D eigenvalue weighted by atomic mass is 16.5. The summed E-state index contributed by atoms with van der Waals surface area (Å²) >= 11 is 0. The van der Waals surface area contributed by atoms with Crippen molar-refractivity contribution >= 4 is 22.8 Å². The summed E-state index contributed by atoms with van der Waals surface area (Å²) in [6, 6.07) is 19.2. The molecule has 2 N–H and O–H groups in total. The molecule has 0 atom stereocenters. The van der Waals surface area contributed by atoms with Gasteiger partial charge in [-0.15, -0.1) is 0 Å². The number of benzene rings is 2. The Kier molecular flexibility index (Phi) is 5.01. The first-order valence-electron chi connectivity index (χ1n) is 9.16. The number of ether oxygens (including phenoxy) is 1. The normalized spacial score (nSPS) is 10.8. The van der Waals surface area contributed by atoms with Gasteiger partial charge in [-0.25, -0.2) is 4.98 Å². The molecule has 28 heavy (non-hydrogen) atoms. The van der Waals surface area contributed by atoms with E-state index >= 15 is 0 Å². The van der Waals surface area contributed by atoms with Crippen LogP contribution in [-0.4, -0.2) is 20.7 Å². The molecular weight excluding hydrogens is 352 g/mol. The molecule has 0 saturated carbocycles. The van der Waals surface area contributed by atoms with Crippen LogP contribution in [0.5, 0.6) is 11.5 Å². The SMILES string of the molecule is CCC(=O)c1cc(Oc2ccc3nc(NCc4ccccc4)[nH]c3c2)ccn1. The maximum absolute atomic E-state index is 11.8. The molecule has 140 valence electrons.